The number of halogens is 2. The molecule has 0 spiro atoms. The van der Waals surface area contributed by atoms with Crippen molar-refractivity contribution in [2.24, 2.45) is 0 Å². The third-order valence-electron chi connectivity index (χ3n) is 4.83. The highest BCUT2D eigenvalue weighted by molar-refractivity contribution is 6.42. The van der Waals surface area contributed by atoms with Crippen molar-refractivity contribution in [2.45, 2.75) is 32.5 Å². The molecule has 4 rings (SSSR count). The number of benzene rings is 1. The minimum atomic E-state index is 0.227. The molecule has 0 unspecified atom stereocenters. The van der Waals surface area contributed by atoms with Crippen molar-refractivity contribution in [2.75, 3.05) is 18.0 Å². The summed E-state index contributed by atoms with van der Waals surface area (Å²) in [4.78, 5) is 2.24. The van der Waals surface area contributed by atoms with E-state index in [4.69, 9.17) is 27.9 Å². The van der Waals surface area contributed by atoms with E-state index in [2.05, 4.69) is 20.2 Å². The minimum absolute atomic E-state index is 0.227. The Balaban J connectivity index is 1.29. The molecular weight excluding hydrogens is 397 g/mol. The second kappa shape index (κ2) is 8.47. The molecule has 0 atom stereocenters. The summed E-state index contributed by atoms with van der Waals surface area (Å²) in [5.41, 5.74) is 1.99. The summed E-state index contributed by atoms with van der Waals surface area (Å²) in [6.45, 7) is 4.27. The van der Waals surface area contributed by atoms with E-state index in [0.717, 1.165) is 48.8 Å². The minimum Gasteiger partial charge on any atom is -0.373 e. The molecule has 3 heterocycles. The van der Waals surface area contributed by atoms with Crippen LogP contribution in [-0.2, 0) is 11.3 Å². The maximum atomic E-state index is 6.06. The SMILES string of the molecule is Cc1ccn(-c2ccc(N3CCC(OCc4ccc(Cl)c(Cl)c4)CC3)nn2)n1. The first-order chi connectivity index (χ1) is 13.6. The van der Waals surface area contributed by atoms with Crippen molar-refractivity contribution in [3.05, 3.63) is 63.9 Å². The molecule has 0 aliphatic carbocycles. The molecule has 0 saturated carbocycles. The van der Waals surface area contributed by atoms with Crippen LogP contribution in [0.2, 0.25) is 10.0 Å². The van der Waals surface area contributed by atoms with E-state index in [1.165, 1.54) is 0 Å². The molecule has 1 fully saturated rings. The van der Waals surface area contributed by atoms with Crippen LogP contribution in [0.4, 0.5) is 5.82 Å². The lowest BCUT2D eigenvalue weighted by Crippen LogP contribution is -2.37. The lowest BCUT2D eigenvalue weighted by atomic mass is 10.1. The van der Waals surface area contributed by atoms with Crippen LogP contribution < -0.4 is 4.90 Å². The lowest BCUT2D eigenvalue weighted by Gasteiger charge is -2.32. The van der Waals surface area contributed by atoms with E-state index in [9.17, 15) is 0 Å². The molecule has 2 aromatic heterocycles. The number of anilines is 1. The molecule has 1 aliphatic rings. The molecule has 1 saturated heterocycles. The summed E-state index contributed by atoms with van der Waals surface area (Å²) in [6.07, 6.45) is 4.01. The molecule has 0 radical (unpaired) electrons. The molecular formula is C20H21Cl2N5O. The number of rotatable bonds is 5. The highest BCUT2D eigenvalue weighted by Gasteiger charge is 2.21. The summed E-state index contributed by atoms with van der Waals surface area (Å²) in [6, 6.07) is 11.5. The van der Waals surface area contributed by atoms with Crippen LogP contribution in [0.1, 0.15) is 24.1 Å². The third-order valence-corrected chi connectivity index (χ3v) is 5.57. The Labute approximate surface area is 174 Å². The lowest BCUT2D eigenvalue weighted by molar-refractivity contribution is 0.0250. The van der Waals surface area contributed by atoms with Crippen LogP contribution in [-0.4, -0.2) is 39.2 Å². The Bertz CT molecular complexity index is 936. The van der Waals surface area contributed by atoms with Crippen molar-refractivity contribution >= 4 is 29.0 Å². The van der Waals surface area contributed by atoms with E-state index in [-0.39, 0.29) is 6.10 Å². The summed E-state index contributed by atoms with van der Waals surface area (Å²) in [5, 5.41) is 14.2. The van der Waals surface area contributed by atoms with Crippen LogP contribution in [0.5, 0.6) is 0 Å². The molecule has 28 heavy (non-hydrogen) atoms. The van der Waals surface area contributed by atoms with Crippen LogP contribution in [0.15, 0.2) is 42.6 Å². The van der Waals surface area contributed by atoms with Gasteiger partial charge in [-0.3, -0.25) is 0 Å². The molecule has 0 N–H and O–H groups in total. The van der Waals surface area contributed by atoms with Gasteiger partial charge in [0.05, 0.1) is 28.5 Å². The molecule has 1 aromatic carbocycles. The fourth-order valence-corrected chi connectivity index (χ4v) is 3.57. The first kappa shape index (κ1) is 19.2. The van der Waals surface area contributed by atoms with Gasteiger partial charge in [0.2, 0.25) is 0 Å². The number of aromatic nitrogens is 4. The Morgan fingerprint density at radius 2 is 1.75 bits per heavy atom. The van der Waals surface area contributed by atoms with Gasteiger partial charge in [-0.1, -0.05) is 29.3 Å². The Kier molecular flexibility index (Phi) is 5.80. The molecule has 1 aliphatic heterocycles. The van der Waals surface area contributed by atoms with E-state index < -0.39 is 0 Å². The molecule has 6 nitrogen and oxygen atoms in total. The number of hydrogen-bond donors (Lipinski definition) is 0. The van der Waals surface area contributed by atoms with Crippen LogP contribution in [0.3, 0.4) is 0 Å². The second-order valence-corrected chi connectivity index (χ2v) is 7.71. The van der Waals surface area contributed by atoms with Gasteiger partial charge in [-0.25, -0.2) is 4.68 Å². The third kappa shape index (κ3) is 4.46. The zero-order valence-electron chi connectivity index (χ0n) is 15.6. The summed E-state index contributed by atoms with van der Waals surface area (Å²) < 4.78 is 7.78. The predicted molar refractivity (Wildman–Crippen MR) is 110 cm³/mol. The Hall–Kier alpha value is -2.15. The van der Waals surface area contributed by atoms with Gasteiger partial charge in [0, 0.05) is 19.3 Å². The average Bonchev–Trinajstić information content (AvgIpc) is 3.16. The van der Waals surface area contributed by atoms with Gasteiger partial charge < -0.3 is 9.64 Å². The van der Waals surface area contributed by atoms with Gasteiger partial charge in [-0.15, -0.1) is 10.2 Å². The van der Waals surface area contributed by atoms with Gasteiger partial charge in [-0.05, 0) is 55.7 Å². The molecule has 8 heteroatoms. The highest BCUT2D eigenvalue weighted by atomic mass is 35.5. The van der Waals surface area contributed by atoms with E-state index >= 15 is 0 Å². The van der Waals surface area contributed by atoms with Crippen molar-refractivity contribution in [3.8, 4) is 5.82 Å². The monoisotopic (exact) mass is 417 g/mol. The number of aryl methyl sites for hydroxylation is 1. The smallest absolute Gasteiger partial charge is 0.175 e. The topological polar surface area (TPSA) is 56.1 Å². The highest BCUT2D eigenvalue weighted by Crippen LogP contribution is 2.24. The standard InChI is InChI=1S/C20H21Cl2N5O/c1-14-6-11-27(25-14)20-5-4-19(23-24-20)26-9-7-16(8-10-26)28-13-15-2-3-17(21)18(22)12-15/h2-6,11-12,16H,7-10,13H2,1H3. The molecule has 3 aromatic rings. The first-order valence-corrected chi connectivity index (χ1v) is 10.0. The largest absolute Gasteiger partial charge is 0.373 e. The quantitative estimate of drug-likeness (QED) is 0.612. The van der Waals surface area contributed by atoms with Gasteiger partial charge in [0.15, 0.2) is 11.6 Å². The number of ether oxygens (including phenoxy) is 1. The maximum absolute atomic E-state index is 6.06. The molecule has 0 bridgehead atoms. The first-order valence-electron chi connectivity index (χ1n) is 9.25. The predicted octanol–water partition coefficient (Wildman–Crippen LogP) is 4.46. The van der Waals surface area contributed by atoms with Gasteiger partial charge in [-0.2, -0.15) is 5.10 Å². The van der Waals surface area contributed by atoms with Crippen molar-refractivity contribution in [1.29, 1.82) is 0 Å². The van der Waals surface area contributed by atoms with E-state index in [1.807, 2.05) is 43.5 Å². The molecule has 0 amide bonds. The number of piperidine rings is 1. The Morgan fingerprint density at radius 3 is 2.39 bits per heavy atom. The van der Waals surface area contributed by atoms with Crippen LogP contribution in [0.25, 0.3) is 5.82 Å². The normalized spacial score (nSPS) is 15.2. The van der Waals surface area contributed by atoms with Crippen LogP contribution >= 0.6 is 23.2 Å². The average molecular weight is 418 g/mol. The zero-order valence-corrected chi connectivity index (χ0v) is 17.1. The second-order valence-electron chi connectivity index (χ2n) is 6.90. The zero-order chi connectivity index (χ0) is 19.5. The molecule has 146 valence electrons. The van der Waals surface area contributed by atoms with E-state index in [1.54, 1.807) is 10.7 Å². The van der Waals surface area contributed by atoms with Crippen molar-refractivity contribution in [3.63, 3.8) is 0 Å². The van der Waals surface area contributed by atoms with E-state index in [0.29, 0.717) is 16.7 Å². The summed E-state index contributed by atoms with van der Waals surface area (Å²) >= 11 is 12.0. The van der Waals surface area contributed by atoms with Crippen molar-refractivity contribution in [1.82, 2.24) is 20.0 Å². The fraction of sp³-hybridized carbons (Fsp3) is 0.350. The van der Waals surface area contributed by atoms with Gasteiger partial charge in [0.25, 0.3) is 0 Å². The summed E-state index contributed by atoms with van der Waals surface area (Å²) in [5.74, 6) is 1.60. The van der Waals surface area contributed by atoms with Gasteiger partial charge >= 0.3 is 0 Å². The van der Waals surface area contributed by atoms with Gasteiger partial charge in [0.1, 0.15) is 0 Å². The maximum Gasteiger partial charge on any atom is 0.175 e. The fourth-order valence-electron chi connectivity index (χ4n) is 3.25. The van der Waals surface area contributed by atoms with Crippen molar-refractivity contribution < 1.29 is 4.74 Å². The van der Waals surface area contributed by atoms with Crippen LogP contribution in [0, 0.1) is 6.92 Å². The number of hydrogen-bond acceptors (Lipinski definition) is 5. The Morgan fingerprint density at radius 1 is 1.00 bits per heavy atom. The number of nitrogens with zero attached hydrogens (tertiary/aromatic N) is 5. The summed E-state index contributed by atoms with van der Waals surface area (Å²) in [7, 11) is 0.